The molecule has 0 atom stereocenters. The molecule has 0 saturated carbocycles. The molecule has 2 aromatic rings. The van der Waals surface area contributed by atoms with Crippen LogP contribution in [0.15, 0.2) is 12.1 Å². The Morgan fingerprint density at radius 1 is 1.15 bits per heavy atom. The first-order valence-electron chi connectivity index (χ1n) is 8.26. The molecule has 3 rings (SSSR count). The summed E-state index contributed by atoms with van der Waals surface area (Å²) in [5.41, 5.74) is 1.11. The van der Waals surface area contributed by atoms with Crippen LogP contribution in [0.5, 0.6) is 0 Å². The molecular weight excluding hydrogens is 421 g/mol. The predicted molar refractivity (Wildman–Crippen MR) is 101 cm³/mol. The van der Waals surface area contributed by atoms with Crippen LogP contribution in [0.4, 0.5) is 18.2 Å². The highest BCUT2D eigenvalue weighted by molar-refractivity contribution is 7.17. The van der Waals surface area contributed by atoms with Crippen molar-refractivity contribution >= 4 is 51.1 Å². The molecule has 0 aromatic carbocycles. The van der Waals surface area contributed by atoms with Crippen molar-refractivity contribution in [2.75, 3.05) is 5.32 Å². The van der Waals surface area contributed by atoms with Crippen molar-refractivity contribution in [2.45, 2.75) is 44.8 Å². The molecular formula is C17H16ClF3N2O2S2. The minimum absolute atomic E-state index is 0.192. The Hall–Kier alpha value is -1.58. The number of carbonyl (C=O) groups is 2. The van der Waals surface area contributed by atoms with Crippen LogP contribution in [0.1, 0.15) is 44.9 Å². The Morgan fingerprint density at radius 3 is 2.56 bits per heavy atom. The van der Waals surface area contributed by atoms with E-state index in [-0.39, 0.29) is 17.1 Å². The van der Waals surface area contributed by atoms with E-state index >= 15 is 0 Å². The first-order valence-corrected chi connectivity index (χ1v) is 10.3. The second-order valence-corrected chi connectivity index (χ2v) is 9.05. The lowest BCUT2D eigenvalue weighted by atomic mass is 9.95. The number of fused-ring (bicyclic) bond motifs is 1. The van der Waals surface area contributed by atoms with Gasteiger partial charge in [0, 0.05) is 9.75 Å². The molecule has 1 aliphatic rings. The number of alkyl halides is 3. The quantitative estimate of drug-likeness (QED) is 0.680. The molecule has 27 heavy (non-hydrogen) atoms. The van der Waals surface area contributed by atoms with E-state index in [1.165, 1.54) is 22.7 Å². The van der Waals surface area contributed by atoms with Crippen LogP contribution < -0.4 is 10.6 Å². The maximum Gasteiger partial charge on any atom is 0.397 e. The van der Waals surface area contributed by atoms with Crippen molar-refractivity contribution in [1.29, 1.82) is 0 Å². The summed E-state index contributed by atoms with van der Waals surface area (Å²) in [6, 6.07) is 3.52. The maximum absolute atomic E-state index is 12.7. The van der Waals surface area contributed by atoms with Gasteiger partial charge in [0.25, 0.3) is 5.91 Å². The van der Waals surface area contributed by atoms with Crippen molar-refractivity contribution in [3.05, 3.63) is 37.4 Å². The zero-order valence-corrected chi connectivity index (χ0v) is 16.4. The van der Waals surface area contributed by atoms with E-state index in [2.05, 4.69) is 10.6 Å². The highest BCUT2D eigenvalue weighted by Gasteiger charge is 2.33. The van der Waals surface area contributed by atoms with Crippen molar-refractivity contribution < 1.29 is 22.8 Å². The standard InChI is InChI=1S/C17H16ClF3N2O2S2/c18-12-6-5-9(26-12)8-22-15(25)14-10-3-1-2-4-11(10)27-16(14)23-13(24)7-17(19,20)21/h5-6H,1-4,7-8H2,(H,22,25)(H,23,24). The molecule has 0 aliphatic heterocycles. The highest BCUT2D eigenvalue weighted by Crippen LogP contribution is 2.38. The lowest BCUT2D eigenvalue weighted by Gasteiger charge is -2.13. The third kappa shape index (κ3) is 5.24. The third-order valence-corrected chi connectivity index (χ3v) is 6.50. The predicted octanol–water partition coefficient (Wildman–Crippen LogP) is 5.16. The lowest BCUT2D eigenvalue weighted by molar-refractivity contribution is -0.150. The molecule has 2 N–H and O–H groups in total. The molecule has 0 spiro atoms. The summed E-state index contributed by atoms with van der Waals surface area (Å²) in [5.74, 6) is -1.57. The van der Waals surface area contributed by atoms with Gasteiger partial charge in [-0.2, -0.15) is 13.2 Å². The van der Waals surface area contributed by atoms with Gasteiger partial charge in [-0.15, -0.1) is 22.7 Å². The smallest absolute Gasteiger partial charge is 0.347 e. The largest absolute Gasteiger partial charge is 0.397 e. The molecule has 0 unspecified atom stereocenters. The van der Waals surface area contributed by atoms with Gasteiger partial charge >= 0.3 is 6.18 Å². The molecule has 2 heterocycles. The lowest BCUT2D eigenvalue weighted by Crippen LogP contribution is -2.26. The Labute approximate surface area is 166 Å². The van der Waals surface area contributed by atoms with Crippen LogP contribution >= 0.6 is 34.3 Å². The summed E-state index contributed by atoms with van der Waals surface area (Å²) in [4.78, 5) is 26.3. The van der Waals surface area contributed by atoms with Crippen LogP contribution in [-0.4, -0.2) is 18.0 Å². The van der Waals surface area contributed by atoms with Gasteiger partial charge in [-0.3, -0.25) is 9.59 Å². The van der Waals surface area contributed by atoms with Crippen LogP contribution in [0.25, 0.3) is 0 Å². The number of rotatable bonds is 5. The normalized spacial score (nSPS) is 13.9. The van der Waals surface area contributed by atoms with Gasteiger partial charge in [-0.1, -0.05) is 11.6 Å². The fraction of sp³-hybridized carbons (Fsp3) is 0.412. The van der Waals surface area contributed by atoms with Gasteiger partial charge in [0.1, 0.15) is 11.4 Å². The van der Waals surface area contributed by atoms with Gasteiger partial charge < -0.3 is 10.6 Å². The molecule has 146 valence electrons. The molecule has 2 amide bonds. The minimum Gasteiger partial charge on any atom is -0.347 e. The Balaban J connectivity index is 1.80. The van der Waals surface area contributed by atoms with Gasteiger partial charge in [-0.25, -0.2) is 0 Å². The fourth-order valence-corrected chi connectivity index (χ4v) is 5.28. The van der Waals surface area contributed by atoms with Crippen molar-refractivity contribution in [3.63, 3.8) is 0 Å². The van der Waals surface area contributed by atoms with Gasteiger partial charge in [0.2, 0.25) is 5.91 Å². The van der Waals surface area contributed by atoms with E-state index in [9.17, 15) is 22.8 Å². The number of nitrogens with one attached hydrogen (secondary N) is 2. The van der Waals surface area contributed by atoms with Crippen LogP contribution in [0.2, 0.25) is 4.34 Å². The van der Waals surface area contributed by atoms with E-state index in [1.807, 2.05) is 0 Å². The van der Waals surface area contributed by atoms with Gasteiger partial charge in [-0.05, 0) is 43.4 Å². The summed E-state index contributed by atoms with van der Waals surface area (Å²) < 4.78 is 38.0. The van der Waals surface area contributed by atoms with E-state index in [0.717, 1.165) is 34.6 Å². The number of halogens is 4. The number of hydrogen-bond donors (Lipinski definition) is 2. The number of aryl methyl sites for hydroxylation is 1. The number of amides is 2. The number of hydrogen-bond acceptors (Lipinski definition) is 4. The van der Waals surface area contributed by atoms with E-state index in [4.69, 9.17) is 11.6 Å². The molecule has 0 radical (unpaired) electrons. The summed E-state index contributed by atoms with van der Waals surface area (Å²) in [5, 5.41) is 5.25. The van der Waals surface area contributed by atoms with Crippen LogP contribution in [-0.2, 0) is 24.2 Å². The number of carbonyl (C=O) groups excluding carboxylic acids is 2. The second kappa shape index (κ2) is 8.20. The van der Waals surface area contributed by atoms with E-state index < -0.39 is 24.4 Å². The molecule has 2 aromatic heterocycles. The first-order chi connectivity index (χ1) is 12.7. The van der Waals surface area contributed by atoms with E-state index in [0.29, 0.717) is 10.8 Å². The van der Waals surface area contributed by atoms with Crippen molar-refractivity contribution in [1.82, 2.24) is 5.32 Å². The summed E-state index contributed by atoms with van der Waals surface area (Å²) >= 11 is 8.40. The SMILES string of the molecule is O=C(CC(F)(F)F)Nc1sc2c(c1C(=O)NCc1ccc(Cl)s1)CCCC2. The van der Waals surface area contributed by atoms with Crippen molar-refractivity contribution in [3.8, 4) is 0 Å². The first kappa shape index (κ1) is 20.2. The number of anilines is 1. The monoisotopic (exact) mass is 436 g/mol. The Morgan fingerprint density at radius 2 is 1.89 bits per heavy atom. The molecule has 10 heteroatoms. The number of thiophene rings is 2. The molecule has 0 bridgehead atoms. The van der Waals surface area contributed by atoms with Crippen LogP contribution in [0.3, 0.4) is 0 Å². The topological polar surface area (TPSA) is 58.2 Å². The Bertz CT molecular complexity index is 861. The summed E-state index contributed by atoms with van der Waals surface area (Å²) in [6.45, 7) is 0.261. The molecule has 0 saturated heterocycles. The van der Waals surface area contributed by atoms with E-state index in [1.54, 1.807) is 12.1 Å². The van der Waals surface area contributed by atoms with Crippen LogP contribution in [0, 0.1) is 0 Å². The highest BCUT2D eigenvalue weighted by atomic mass is 35.5. The third-order valence-electron chi connectivity index (χ3n) is 4.06. The van der Waals surface area contributed by atoms with Crippen molar-refractivity contribution in [2.24, 2.45) is 0 Å². The zero-order valence-electron chi connectivity index (χ0n) is 14.0. The summed E-state index contributed by atoms with van der Waals surface area (Å²) in [6.07, 6.45) is -2.88. The van der Waals surface area contributed by atoms with Gasteiger partial charge in [0.05, 0.1) is 16.4 Å². The summed E-state index contributed by atoms with van der Waals surface area (Å²) in [7, 11) is 0. The Kier molecular flexibility index (Phi) is 6.12. The molecule has 0 fully saturated rings. The molecule has 4 nitrogen and oxygen atoms in total. The van der Waals surface area contributed by atoms with Gasteiger partial charge in [0.15, 0.2) is 0 Å². The fourth-order valence-electron chi connectivity index (χ4n) is 2.95. The average molecular weight is 437 g/mol. The second-order valence-electron chi connectivity index (χ2n) is 6.14. The molecule has 1 aliphatic carbocycles. The zero-order chi connectivity index (χ0) is 19.6. The maximum atomic E-state index is 12.7. The minimum atomic E-state index is -4.60. The average Bonchev–Trinajstić information content (AvgIpc) is 3.13.